The van der Waals surface area contributed by atoms with Gasteiger partial charge in [0.1, 0.15) is 29.5 Å². The van der Waals surface area contributed by atoms with Crippen LogP contribution in [-0.2, 0) is 71.4 Å². The van der Waals surface area contributed by atoms with Crippen LogP contribution in [0.2, 0.25) is 0 Å². The summed E-state index contributed by atoms with van der Waals surface area (Å²) in [6, 6.07) is 1.59. The van der Waals surface area contributed by atoms with Crippen molar-refractivity contribution in [1.29, 1.82) is 0 Å². The van der Waals surface area contributed by atoms with Crippen molar-refractivity contribution in [3.63, 3.8) is 0 Å². The number of esters is 6. The molecule has 0 radical (unpaired) electrons. The van der Waals surface area contributed by atoms with Gasteiger partial charge in [0.15, 0.2) is 11.7 Å². The van der Waals surface area contributed by atoms with Crippen molar-refractivity contribution in [2.45, 2.75) is 127 Å². The molecule has 4 heterocycles. The number of fused-ring (bicyclic) bond motifs is 4. The fraction of sp³-hybridized carbons (Fsp3) is 0.676. The molecule has 0 amide bonds. The molecule has 14 atom stereocenters. The van der Waals surface area contributed by atoms with Crippen LogP contribution in [0.25, 0.3) is 0 Å². The highest BCUT2D eigenvalue weighted by atomic mass is 17.0. The maximum absolute atomic E-state index is 13.9. The van der Waals surface area contributed by atoms with Gasteiger partial charge in [0.25, 0.3) is 5.97 Å². The van der Waals surface area contributed by atoms with Gasteiger partial charge in [0.05, 0.1) is 25.1 Å². The van der Waals surface area contributed by atoms with Gasteiger partial charge in [-0.2, -0.15) is 0 Å². The molecule has 54 heavy (non-hydrogen) atoms. The Kier molecular flexibility index (Phi) is 7.26. The monoisotopic (exact) mass is 758 g/mol. The molecule has 1 spiro atoms. The molecule has 8 rings (SSSR count). The van der Waals surface area contributed by atoms with Crippen LogP contribution in [0.1, 0.15) is 79.9 Å². The van der Waals surface area contributed by atoms with Gasteiger partial charge in [-0.15, -0.1) is 0 Å². The SMILES string of the molecule is COC(=O)[C@H](OC(C)=O)[C@H]1[C@@]2(C)C[C@]3(O)[C@@](OC(C)=O)([C@H]4OC5(C)O[C@@]6(C[C@H](OC(C)=O)[C@]7(C)C(=CC(=O)O[C@H]7c7ccoc7)[C@@]46O5)[C@]13C)[C@H]2OC(C)=O. The molecule has 0 aromatic carbocycles. The Bertz CT molecular complexity index is 1940. The van der Waals surface area contributed by atoms with Gasteiger partial charge < -0.3 is 52.2 Å². The first-order chi connectivity index (χ1) is 25.1. The molecule has 6 fully saturated rings. The number of carbonyl (C=O) groups is 6. The maximum atomic E-state index is 13.9. The molecule has 1 aromatic heterocycles. The van der Waals surface area contributed by atoms with Crippen LogP contribution in [0.5, 0.6) is 0 Å². The van der Waals surface area contributed by atoms with Crippen molar-refractivity contribution in [1.82, 2.24) is 0 Å². The fourth-order valence-electron chi connectivity index (χ4n) is 12.5. The number of methoxy groups -OCH3 is 1. The second kappa shape index (κ2) is 10.7. The van der Waals surface area contributed by atoms with E-state index in [2.05, 4.69) is 0 Å². The second-order valence-corrected chi connectivity index (χ2v) is 16.3. The molecular formula is C37H42O17. The Labute approximate surface area is 308 Å². The zero-order valence-electron chi connectivity index (χ0n) is 31.2. The molecule has 3 aliphatic heterocycles. The number of cyclic esters (lactones) is 1. The Hall–Kier alpha value is -4.32. The quantitative estimate of drug-likeness (QED) is 0.310. The van der Waals surface area contributed by atoms with Crippen LogP contribution in [0.15, 0.2) is 34.7 Å². The molecular weight excluding hydrogens is 716 g/mol. The van der Waals surface area contributed by atoms with Gasteiger partial charge in [-0.05, 0) is 25.0 Å². The van der Waals surface area contributed by atoms with E-state index in [-0.39, 0.29) is 18.4 Å². The van der Waals surface area contributed by atoms with E-state index in [0.717, 1.165) is 27.9 Å². The average molecular weight is 759 g/mol. The molecule has 17 heteroatoms. The summed E-state index contributed by atoms with van der Waals surface area (Å²) in [7, 11) is 1.10. The third-order valence-corrected chi connectivity index (χ3v) is 13.6. The van der Waals surface area contributed by atoms with Crippen molar-refractivity contribution in [3.8, 4) is 0 Å². The molecule has 4 bridgehead atoms. The van der Waals surface area contributed by atoms with Crippen LogP contribution in [0, 0.1) is 22.2 Å². The minimum atomic E-state index is -2.35. The Balaban J connectivity index is 1.53. The smallest absolute Gasteiger partial charge is 0.347 e. The number of aliphatic hydroxyl groups is 1. The minimum Gasteiger partial charge on any atom is -0.472 e. The largest absolute Gasteiger partial charge is 0.472 e. The Morgan fingerprint density at radius 1 is 0.944 bits per heavy atom. The predicted molar refractivity (Wildman–Crippen MR) is 172 cm³/mol. The molecule has 1 N–H and O–H groups in total. The van der Waals surface area contributed by atoms with Crippen molar-refractivity contribution < 1.29 is 80.9 Å². The molecule has 292 valence electrons. The van der Waals surface area contributed by atoms with Crippen molar-refractivity contribution in [2.75, 3.05) is 7.11 Å². The first-order valence-electron chi connectivity index (χ1n) is 17.6. The summed E-state index contributed by atoms with van der Waals surface area (Å²) in [5, 5.41) is 13.8. The minimum absolute atomic E-state index is 0.124. The number of rotatable bonds is 7. The Morgan fingerprint density at radius 2 is 1.63 bits per heavy atom. The number of carbonyl (C=O) groups excluding carboxylic acids is 6. The summed E-state index contributed by atoms with van der Waals surface area (Å²) in [4.78, 5) is 80.3. The molecule has 1 unspecified atom stereocenters. The fourth-order valence-corrected chi connectivity index (χ4v) is 12.5. The van der Waals surface area contributed by atoms with E-state index in [4.69, 9.17) is 47.0 Å². The highest BCUT2D eigenvalue weighted by molar-refractivity contribution is 5.86. The third-order valence-electron chi connectivity index (χ3n) is 13.6. The Morgan fingerprint density at radius 3 is 2.20 bits per heavy atom. The standard InChI is InChI=1S/C37H42O17/c1-16(38)47-22-13-35-32(7)25(24(27(43)45-9)48-17(2)39)30(5)15-34(32,44)37(51-19(4)41,28(30)49-18(3)40)29-36(35,54-33(8,52-29)53-35)21-12-23(42)50-26(31(21,22)6)20-10-11-46-14-20/h10-12,14,22,24-26,28-29,44H,13,15H2,1-9H3/t22-,24+,25-,26-,28-,29-,30+,31-,32+,33?,34+,35-,36+,37-/m0/s1. The normalized spacial score (nSPS) is 47.7. The summed E-state index contributed by atoms with van der Waals surface area (Å²) in [5.74, 6) is -8.55. The van der Waals surface area contributed by atoms with Gasteiger partial charge in [0.2, 0.25) is 11.7 Å². The predicted octanol–water partition coefficient (Wildman–Crippen LogP) is 1.87. The van der Waals surface area contributed by atoms with E-state index in [1.54, 1.807) is 26.8 Å². The number of hydrogen-bond acceptors (Lipinski definition) is 17. The lowest BCUT2D eigenvalue weighted by Crippen LogP contribution is -2.94. The van der Waals surface area contributed by atoms with Crippen molar-refractivity contribution in [2.24, 2.45) is 22.2 Å². The first kappa shape index (κ1) is 36.6. The number of furan rings is 1. The van der Waals surface area contributed by atoms with Gasteiger partial charge in [-0.3, -0.25) is 19.2 Å². The van der Waals surface area contributed by atoms with Gasteiger partial charge >= 0.3 is 35.8 Å². The van der Waals surface area contributed by atoms with E-state index < -0.39 is 117 Å². The second-order valence-electron chi connectivity index (χ2n) is 16.3. The molecule has 1 aromatic rings. The summed E-state index contributed by atoms with van der Waals surface area (Å²) in [6.45, 7) is 10.9. The van der Waals surface area contributed by atoms with E-state index >= 15 is 0 Å². The average Bonchev–Trinajstić information content (AvgIpc) is 3.83. The van der Waals surface area contributed by atoms with E-state index in [0.29, 0.717) is 5.56 Å². The third kappa shape index (κ3) is 3.78. The van der Waals surface area contributed by atoms with Crippen LogP contribution in [0.3, 0.4) is 0 Å². The zero-order valence-corrected chi connectivity index (χ0v) is 31.2. The topological polar surface area (TPSA) is 219 Å². The van der Waals surface area contributed by atoms with E-state index in [1.165, 1.54) is 32.4 Å². The lowest BCUT2D eigenvalue weighted by atomic mass is 9.34. The maximum Gasteiger partial charge on any atom is 0.347 e. The molecule has 4 aliphatic carbocycles. The summed E-state index contributed by atoms with van der Waals surface area (Å²) in [5.41, 5.74) is -13.2. The lowest BCUT2D eigenvalue weighted by Gasteiger charge is -2.76. The van der Waals surface area contributed by atoms with Crippen LogP contribution >= 0.6 is 0 Å². The highest BCUT2D eigenvalue weighted by Gasteiger charge is 3.04. The summed E-state index contributed by atoms with van der Waals surface area (Å²) in [6.07, 6.45) is -4.04. The first-order valence-corrected chi connectivity index (χ1v) is 17.6. The van der Waals surface area contributed by atoms with Gasteiger partial charge in [0, 0.05) is 69.4 Å². The summed E-state index contributed by atoms with van der Waals surface area (Å²) < 4.78 is 61.6. The molecule has 17 nitrogen and oxygen atoms in total. The molecule has 7 aliphatic rings. The van der Waals surface area contributed by atoms with Crippen LogP contribution in [0.4, 0.5) is 0 Å². The number of ether oxygens (including phenoxy) is 9. The number of hydrogen-bond donors (Lipinski definition) is 1. The molecule has 2 saturated heterocycles. The zero-order chi connectivity index (χ0) is 39.4. The van der Waals surface area contributed by atoms with Crippen LogP contribution < -0.4 is 0 Å². The van der Waals surface area contributed by atoms with E-state index in [1.807, 2.05) is 0 Å². The van der Waals surface area contributed by atoms with Crippen molar-refractivity contribution >= 4 is 35.8 Å². The van der Waals surface area contributed by atoms with Gasteiger partial charge in [-0.1, -0.05) is 13.8 Å². The van der Waals surface area contributed by atoms with E-state index in [9.17, 15) is 33.9 Å². The molecule has 4 saturated carbocycles. The van der Waals surface area contributed by atoms with Crippen molar-refractivity contribution in [3.05, 3.63) is 35.8 Å². The lowest BCUT2D eigenvalue weighted by molar-refractivity contribution is -0.448. The van der Waals surface area contributed by atoms with Gasteiger partial charge in [-0.25, -0.2) is 9.59 Å². The van der Waals surface area contributed by atoms with Crippen LogP contribution in [-0.4, -0.2) is 101 Å². The summed E-state index contributed by atoms with van der Waals surface area (Å²) >= 11 is 0. The highest BCUT2D eigenvalue weighted by Crippen LogP contribution is 2.88.